The van der Waals surface area contributed by atoms with Crippen molar-refractivity contribution in [1.82, 2.24) is 10.6 Å². The molecule has 0 aliphatic carbocycles. The number of ether oxygens (including phenoxy) is 2. The third-order valence-corrected chi connectivity index (χ3v) is 3.65. The Labute approximate surface area is 131 Å². The maximum atomic E-state index is 5.59. The molecule has 1 aromatic rings. The smallest absolute Gasteiger partial charge is 0.166 e. The SMILES string of the molecule is S=C(NCCOc1ccccc1)NCC[NH+]1CCOCC1. The van der Waals surface area contributed by atoms with Crippen LogP contribution >= 0.6 is 12.2 Å². The third kappa shape index (κ3) is 6.75. The van der Waals surface area contributed by atoms with Crippen molar-refractivity contribution >= 4 is 17.3 Å². The van der Waals surface area contributed by atoms with E-state index in [0.29, 0.717) is 18.3 Å². The van der Waals surface area contributed by atoms with E-state index in [0.717, 1.165) is 45.1 Å². The normalized spacial score (nSPS) is 15.4. The minimum Gasteiger partial charge on any atom is -0.492 e. The number of nitrogens with one attached hydrogen (secondary N) is 3. The molecule has 0 aromatic heterocycles. The van der Waals surface area contributed by atoms with Crippen LogP contribution in [-0.2, 0) is 4.74 Å². The first-order valence-corrected chi connectivity index (χ1v) is 7.86. The highest BCUT2D eigenvalue weighted by Crippen LogP contribution is 2.07. The summed E-state index contributed by atoms with van der Waals surface area (Å²) in [5, 5.41) is 7.08. The van der Waals surface area contributed by atoms with E-state index >= 15 is 0 Å². The van der Waals surface area contributed by atoms with Crippen molar-refractivity contribution in [1.29, 1.82) is 0 Å². The largest absolute Gasteiger partial charge is 0.492 e. The first kappa shape index (κ1) is 16.0. The summed E-state index contributed by atoms with van der Waals surface area (Å²) in [7, 11) is 0. The Morgan fingerprint density at radius 2 is 1.86 bits per heavy atom. The fourth-order valence-electron chi connectivity index (χ4n) is 2.18. The molecule has 21 heavy (non-hydrogen) atoms. The Morgan fingerprint density at radius 3 is 2.62 bits per heavy atom. The predicted octanol–water partition coefficient (Wildman–Crippen LogP) is -0.555. The fourth-order valence-corrected chi connectivity index (χ4v) is 2.38. The van der Waals surface area contributed by atoms with Crippen LogP contribution in [0.2, 0.25) is 0 Å². The second kappa shape index (κ2) is 9.55. The Kier molecular flexibility index (Phi) is 7.28. The molecule has 0 amide bonds. The van der Waals surface area contributed by atoms with E-state index in [-0.39, 0.29) is 0 Å². The zero-order chi connectivity index (χ0) is 14.8. The maximum Gasteiger partial charge on any atom is 0.166 e. The predicted molar refractivity (Wildman–Crippen MR) is 86.9 cm³/mol. The van der Waals surface area contributed by atoms with Gasteiger partial charge in [-0.2, -0.15) is 0 Å². The molecule has 0 bridgehead atoms. The van der Waals surface area contributed by atoms with Gasteiger partial charge < -0.3 is 25.0 Å². The summed E-state index contributed by atoms with van der Waals surface area (Å²) in [6, 6.07) is 9.79. The molecule has 5 nitrogen and oxygen atoms in total. The minimum atomic E-state index is 0.598. The van der Waals surface area contributed by atoms with Crippen molar-refractivity contribution < 1.29 is 14.4 Å². The van der Waals surface area contributed by atoms with Crippen molar-refractivity contribution in [3.63, 3.8) is 0 Å². The molecule has 2 rings (SSSR count). The number of morpholine rings is 1. The molecular weight excluding hydrogens is 286 g/mol. The van der Waals surface area contributed by atoms with E-state index in [1.165, 1.54) is 0 Å². The summed E-state index contributed by atoms with van der Waals surface area (Å²) in [5.41, 5.74) is 0. The third-order valence-electron chi connectivity index (χ3n) is 3.36. The number of hydrogen-bond acceptors (Lipinski definition) is 3. The van der Waals surface area contributed by atoms with Gasteiger partial charge in [0.15, 0.2) is 5.11 Å². The molecule has 0 spiro atoms. The molecule has 6 heteroatoms. The maximum absolute atomic E-state index is 5.59. The lowest BCUT2D eigenvalue weighted by molar-refractivity contribution is -0.906. The highest BCUT2D eigenvalue weighted by molar-refractivity contribution is 7.80. The minimum absolute atomic E-state index is 0.598. The Balaban J connectivity index is 1.47. The number of para-hydroxylation sites is 1. The molecule has 1 fully saturated rings. The van der Waals surface area contributed by atoms with E-state index < -0.39 is 0 Å². The number of hydrogen-bond donors (Lipinski definition) is 3. The molecule has 1 saturated heterocycles. The zero-order valence-electron chi connectivity index (χ0n) is 12.3. The van der Waals surface area contributed by atoms with E-state index in [1.807, 2.05) is 30.3 Å². The molecule has 0 saturated carbocycles. The van der Waals surface area contributed by atoms with Crippen LogP contribution in [-0.4, -0.2) is 57.7 Å². The second-order valence-electron chi connectivity index (χ2n) is 4.96. The molecule has 1 heterocycles. The summed E-state index contributed by atoms with van der Waals surface area (Å²) in [5.74, 6) is 0.883. The van der Waals surface area contributed by atoms with Crippen molar-refractivity contribution in [2.24, 2.45) is 0 Å². The van der Waals surface area contributed by atoms with Crippen LogP contribution in [0, 0.1) is 0 Å². The van der Waals surface area contributed by atoms with Crippen LogP contribution in [0.4, 0.5) is 0 Å². The lowest BCUT2D eigenvalue weighted by Crippen LogP contribution is -3.14. The first-order chi connectivity index (χ1) is 10.3. The van der Waals surface area contributed by atoms with Gasteiger partial charge in [-0.1, -0.05) is 18.2 Å². The van der Waals surface area contributed by atoms with Crippen molar-refractivity contribution in [3.05, 3.63) is 30.3 Å². The molecule has 0 atom stereocenters. The average molecular weight is 310 g/mol. The standard InChI is InChI=1S/C15H23N3O2S/c21-15(16-6-8-18-9-12-19-13-10-18)17-7-11-20-14-4-2-1-3-5-14/h1-5H,6-13H2,(H2,16,17,21)/p+1. The van der Waals surface area contributed by atoms with E-state index in [1.54, 1.807) is 4.90 Å². The summed E-state index contributed by atoms with van der Waals surface area (Å²) >= 11 is 5.24. The van der Waals surface area contributed by atoms with Gasteiger partial charge in [0.25, 0.3) is 0 Å². The molecule has 116 valence electrons. The summed E-state index contributed by atoms with van der Waals surface area (Å²) in [6.45, 7) is 7.18. The van der Waals surface area contributed by atoms with Gasteiger partial charge in [-0.25, -0.2) is 0 Å². The van der Waals surface area contributed by atoms with Crippen molar-refractivity contribution in [2.45, 2.75) is 0 Å². The topological polar surface area (TPSA) is 47.0 Å². The fraction of sp³-hybridized carbons (Fsp3) is 0.533. The Morgan fingerprint density at radius 1 is 1.14 bits per heavy atom. The number of quaternary nitrogens is 1. The van der Waals surface area contributed by atoms with Gasteiger partial charge in [-0.15, -0.1) is 0 Å². The highest BCUT2D eigenvalue weighted by atomic mass is 32.1. The first-order valence-electron chi connectivity index (χ1n) is 7.45. The van der Waals surface area contributed by atoms with Crippen LogP contribution in [0.1, 0.15) is 0 Å². The molecular formula is C15H24N3O2S+. The van der Waals surface area contributed by atoms with Gasteiger partial charge >= 0.3 is 0 Å². The average Bonchev–Trinajstić information content (AvgIpc) is 2.54. The highest BCUT2D eigenvalue weighted by Gasteiger charge is 2.12. The molecule has 1 aliphatic heterocycles. The van der Waals surface area contributed by atoms with Crippen molar-refractivity contribution in [3.8, 4) is 5.75 Å². The Hall–Kier alpha value is -1.37. The monoisotopic (exact) mass is 310 g/mol. The van der Waals surface area contributed by atoms with Gasteiger partial charge in [-0.05, 0) is 24.4 Å². The van der Waals surface area contributed by atoms with E-state index in [9.17, 15) is 0 Å². The van der Waals surface area contributed by atoms with Gasteiger partial charge in [-0.3, -0.25) is 0 Å². The second-order valence-corrected chi connectivity index (χ2v) is 5.36. The Bertz CT molecular complexity index is 411. The van der Waals surface area contributed by atoms with Crippen LogP contribution in [0.5, 0.6) is 5.75 Å². The van der Waals surface area contributed by atoms with E-state index in [2.05, 4.69) is 10.6 Å². The lowest BCUT2D eigenvalue weighted by Gasteiger charge is -2.24. The molecule has 1 aliphatic rings. The summed E-state index contributed by atoms with van der Waals surface area (Å²) in [4.78, 5) is 1.57. The lowest BCUT2D eigenvalue weighted by atomic mass is 10.3. The van der Waals surface area contributed by atoms with Crippen LogP contribution in [0.3, 0.4) is 0 Å². The molecule has 0 unspecified atom stereocenters. The number of rotatable bonds is 7. The quantitative estimate of drug-likeness (QED) is 0.466. The van der Waals surface area contributed by atoms with Crippen molar-refractivity contribution in [2.75, 3.05) is 52.5 Å². The van der Waals surface area contributed by atoms with Gasteiger partial charge in [0, 0.05) is 0 Å². The summed E-state index contributed by atoms with van der Waals surface area (Å²) < 4.78 is 10.9. The van der Waals surface area contributed by atoms with Crippen LogP contribution < -0.4 is 20.3 Å². The van der Waals surface area contributed by atoms with Crippen LogP contribution in [0.25, 0.3) is 0 Å². The number of benzene rings is 1. The summed E-state index contributed by atoms with van der Waals surface area (Å²) in [6.07, 6.45) is 0. The van der Waals surface area contributed by atoms with Gasteiger partial charge in [0.2, 0.25) is 0 Å². The van der Waals surface area contributed by atoms with Gasteiger partial charge in [0.05, 0.1) is 32.8 Å². The number of thiocarbonyl (C=S) groups is 1. The molecule has 3 N–H and O–H groups in total. The van der Waals surface area contributed by atoms with Crippen LogP contribution in [0.15, 0.2) is 30.3 Å². The zero-order valence-corrected chi connectivity index (χ0v) is 13.1. The molecule has 0 radical (unpaired) electrons. The van der Waals surface area contributed by atoms with Gasteiger partial charge in [0.1, 0.15) is 25.4 Å². The van der Waals surface area contributed by atoms with E-state index in [4.69, 9.17) is 21.7 Å². The molecule has 1 aromatic carbocycles.